The van der Waals surface area contributed by atoms with Crippen molar-refractivity contribution in [3.63, 3.8) is 0 Å². The highest BCUT2D eigenvalue weighted by atomic mass is 16.5. The van der Waals surface area contributed by atoms with E-state index in [1.165, 1.54) is 12.8 Å². The fourth-order valence-electron chi connectivity index (χ4n) is 2.98. The minimum absolute atomic E-state index is 0.0630. The van der Waals surface area contributed by atoms with Crippen LogP contribution >= 0.6 is 0 Å². The molecule has 1 saturated carbocycles. The van der Waals surface area contributed by atoms with Crippen molar-refractivity contribution >= 4 is 5.91 Å². The van der Waals surface area contributed by atoms with Gasteiger partial charge in [0.05, 0.1) is 26.8 Å². The summed E-state index contributed by atoms with van der Waals surface area (Å²) in [7, 11) is 3.28. The first-order chi connectivity index (χ1) is 11.9. The molecule has 0 aromatic heterocycles. The van der Waals surface area contributed by atoms with Crippen molar-refractivity contribution in [3.8, 4) is 11.5 Å². The molecule has 1 amide bonds. The average Bonchev–Trinajstić information content (AvgIpc) is 3.42. The van der Waals surface area contributed by atoms with E-state index >= 15 is 0 Å². The summed E-state index contributed by atoms with van der Waals surface area (Å²) in [4.78, 5) is 14.9. The molecule has 1 aromatic carbocycles. The van der Waals surface area contributed by atoms with Gasteiger partial charge in [0.25, 0.3) is 0 Å². The Hall–Kier alpha value is -1.75. The second kappa shape index (κ2) is 9.09. The van der Waals surface area contributed by atoms with E-state index < -0.39 is 0 Å². The Kier molecular flexibility index (Phi) is 7.12. The molecule has 1 atom stereocenters. The standard InChI is InChI=1S/C20H32N2O3/c1-14(2)10-11-22(16-6-7-16)13-20(23)21-15(3)18-12-17(24-4)8-9-19(18)25-5/h8-9,12,14-16H,6-7,10-11,13H2,1-5H3,(H,21,23). The highest BCUT2D eigenvalue weighted by molar-refractivity contribution is 5.78. The Bertz CT molecular complexity index is 570. The van der Waals surface area contributed by atoms with Crippen LogP contribution in [0.5, 0.6) is 11.5 Å². The van der Waals surface area contributed by atoms with Gasteiger partial charge in [0.2, 0.25) is 5.91 Å². The first kappa shape index (κ1) is 19.6. The molecular formula is C20H32N2O3. The minimum atomic E-state index is -0.135. The van der Waals surface area contributed by atoms with Crippen LogP contribution in [-0.4, -0.2) is 44.2 Å². The predicted octanol–water partition coefficient (Wildman–Crippen LogP) is 3.39. The Morgan fingerprint density at radius 2 is 1.96 bits per heavy atom. The number of carbonyl (C=O) groups excluding carboxylic acids is 1. The lowest BCUT2D eigenvalue weighted by Gasteiger charge is -2.24. The third-order valence-electron chi connectivity index (χ3n) is 4.68. The van der Waals surface area contributed by atoms with E-state index in [0.717, 1.165) is 30.0 Å². The highest BCUT2D eigenvalue weighted by Crippen LogP contribution is 2.30. The SMILES string of the molecule is COc1ccc(OC)c(C(C)NC(=O)CN(CCC(C)C)C2CC2)c1. The zero-order valence-electron chi connectivity index (χ0n) is 16.2. The molecule has 2 rings (SSSR count). The number of hydrogen-bond donors (Lipinski definition) is 1. The maximum Gasteiger partial charge on any atom is 0.234 e. The Labute approximate surface area is 151 Å². The lowest BCUT2D eigenvalue weighted by molar-refractivity contribution is -0.123. The van der Waals surface area contributed by atoms with Crippen LogP contribution in [0.1, 0.15) is 51.6 Å². The van der Waals surface area contributed by atoms with Crippen molar-refractivity contribution in [1.29, 1.82) is 0 Å². The quantitative estimate of drug-likeness (QED) is 0.704. The molecule has 5 nitrogen and oxygen atoms in total. The van der Waals surface area contributed by atoms with Gasteiger partial charge in [0.1, 0.15) is 11.5 Å². The van der Waals surface area contributed by atoms with E-state index in [9.17, 15) is 4.79 Å². The van der Waals surface area contributed by atoms with Gasteiger partial charge >= 0.3 is 0 Å². The van der Waals surface area contributed by atoms with Crippen LogP contribution in [0.15, 0.2) is 18.2 Å². The number of nitrogens with one attached hydrogen (secondary N) is 1. The van der Waals surface area contributed by atoms with Crippen LogP contribution in [0.3, 0.4) is 0 Å². The molecule has 0 radical (unpaired) electrons. The van der Waals surface area contributed by atoms with Gasteiger partial charge in [0.15, 0.2) is 0 Å². The zero-order chi connectivity index (χ0) is 18.4. The van der Waals surface area contributed by atoms with Crippen molar-refractivity contribution in [1.82, 2.24) is 10.2 Å². The van der Waals surface area contributed by atoms with Crippen LogP contribution in [0.2, 0.25) is 0 Å². The first-order valence-electron chi connectivity index (χ1n) is 9.20. The van der Waals surface area contributed by atoms with Crippen molar-refractivity contribution in [2.45, 2.75) is 52.1 Å². The van der Waals surface area contributed by atoms with Crippen molar-refractivity contribution in [2.75, 3.05) is 27.3 Å². The van der Waals surface area contributed by atoms with Gasteiger partial charge in [0, 0.05) is 11.6 Å². The zero-order valence-corrected chi connectivity index (χ0v) is 16.2. The summed E-state index contributed by atoms with van der Waals surface area (Å²) >= 11 is 0. The van der Waals surface area contributed by atoms with E-state index in [-0.39, 0.29) is 11.9 Å². The summed E-state index contributed by atoms with van der Waals surface area (Å²) in [5, 5.41) is 3.11. The Morgan fingerprint density at radius 3 is 2.52 bits per heavy atom. The topological polar surface area (TPSA) is 50.8 Å². The summed E-state index contributed by atoms with van der Waals surface area (Å²) in [5.41, 5.74) is 0.926. The second-order valence-electron chi connectivity index (χ2n) is 7.28. The lowest BCUT2D eigenvalue weighted by Crippen LogP contribution is -2.40. The van der Waals surface area contributed by atoms with Gasteiger partial charge in [-0.2, -0.15) is 0 Å². The van der Waals surface area contributed by atoms with E-state index in [1.807, 2.05) is 25.1 Å². The maximum absolute atomic E-state index is 12.5. The van der Waals surface area contributed by atoms with Crippen molar-refractivity contribution < 1.29 is 14.3 Å². The lowest BCUT2D eigenvalue weighted by atomic mass is 10.1. The third kappa shape index (κ3) is 5.92. The molecular weight excluding hydrogens is 316 g/mol. The molecule has 1 aliphatic rings. The molecule has 1 aromatic rings. The summed E-state index contributed by atoms with van der Waals surface area (Å²) in [5.74, 6) is 2.23. The van der Waals surface area contributed by atoms with Crippen LogP contribution in [0.25, 0.3) is 0 Å². The number of hydrogen-bond acceptors (Lipinski definition) is 4. The number of carbonyl (C=O) groups is 1. The smallest absolute Gasteiger partial charge is 0.234 e. The van der Waals surface area contributed by atoms with Gasteiger partial charge in [-0.05, 0) is 56.8 Å². The van der Waals surface area contributed by atoms with E-state index in [0.29, 0.717) is 18.5 Å². The van der Waals surface area contributed by atoms with E-state index in [1.54, 1.807) is 14.2 Å². The van der Waals surface area contributed by atoms with Gasteiger partial charge in [-0.3, -0.25) is 9.69 Å². The van der Waals surface area contributed by atoms with E-state index in [2.05, 4.69) is 24.1 Å². The normalized spacial score (nSPS) is 15.3. The third-order valence-corrected chi connectivity index (χ3v) is 4.68. The molecule has 140 valence electrons. The van der Waals surface area contributed by atoms with Crippen LogP contribution in [-0.2, 0) is 4.79 Å². The molecule has 1 unspecified atom stereocenters. The van der Waals surface area contributed by atoms with E-state index in [4.69, 9.17) is 9.47 Å². The molecule has 1 aliphatic carbocycles. The molecule has 0 saturated heterocycles. The summed E-state index contributed by atoms with van der Waals surface area (Å²) in [6.45, 7) is 7.88. The maximum atomic E-state index is 12.5. The van der Waals surface area contributed by atoms with Crippen molar-refractivity contribution in [3.05, 3.63) is 23.8 Å². The number of ether oxygens (including phenoxy) is 2. The fourth-order valence-corrected chi connectivity index (χ4v) is 2.98. The number of rotatable bonds is 10. The molecule has 5 heteroatoms. The Balaban J connectivity index is 1.96. The van der Waals surface area contributed by atoms with Gasteiger partial charge < -0.3 is 14.8 Å². The number of nitrogens with zero attached hydrogens (tertiary/aromatic N) is 1. The first-order valence-corrected chi connectivity index (χ1v) is 9.20. The fraction of sp³-hybridized carbons (Fsp3) is 0.650. The molecule has 0 heterocycles. The molecule has 0 spiro atoms. The second-order valence-corrected chi connectivity index (χ2v) is 7.28. The molecule has 25 heavy (non-hydrogen) atoms. The highest BCUT2D eigenvalue weighted by Gasteiger charge is 2.30. The molecule has 0 bridgehead atoms. The monoisotopic (exact) mass is 348 g/mol. The number of methoxy groups -OCH3 is 2. The number of amides is 1. The van der Waals surface area contributed by atoms with Crippen LogP contribution in [0.4, 0.5) is 0 Å². The Morgan fingerprint density at radius 1 is 1.24 bits per heavy atom. The minimum Gasteiger partial charge on any atom is -0.497 e. The molecule has 0 aliphatic heterocycles. The summed E-state index contributed by atoms with van der Waals surface area (Å²) < 4.78 is 10.7. The molecule has 1 N–H and O–H groups in total. The summed E-state index contributed by atoms with van der Waals surface area (Å²) in [6.07, 6.45) is 3.55. The predicted molar refractivity (Wildman–Crippen MR) is 100 cm³/mol. The molecule has 1 fully saturated rings. The van der Waals surface area contributed by atoms with Gasteiger partial charge in [-0.15, -0.1) is 0 Å². The average molecular weight is 348 g/mol. The van der Waals surface area contributed by atoms with Crippen LogP contribution in [0, 0.1) is 5.92 Å². The van der Waals surface area contributed by atoms with Gasteiger partial charge in [-0.1, -0.05) is 13.8 Å². The number of benzene rings is 1. The summed E-state index contributed by atoms with van der Waals surface area (Å²) in [6, 6.07) is 6.10. The van der Waals surface area contributed by atoms with Gasteiger partial charge in [-0.25, -0.2) is 0 Å². The van der Waals surface area contributed by atoms with Crippen LogP contribution < -0.4 is 14.8 Å². The largest absolute Gasteiger partial charge is 0.497 e. The van der Waals surface area contributed by atoms with Crippen molar-refractivity contribution in [2.24, 2.45) is 5.92 Å².